The van der Waals surface area contributed by atoms with E-state index in [1.54, 1.807) is 18.3 Å². The molecule has 2 heterocycles. The number of thiophene rings is 1. The molecule has 1 amide bonds. The van der Waals surface area contributed by atoms with E-state index in [4.69, 9.17) is 0 Å². The minimum Gasteiger partial charge on any atom is -0.337 e. The summed E-state index contributed by atoms with van der Waals surface area (Å²) < 4.78 is 0. The first-order valence-corrected chi connectivity index (χ1v) is 8.34. The Hall–Kier alpha value is -1.38. The minimum absolute atomic E-state index is 0.0591. The van der Waals surface area contributed by atoms with Crippen molar-refractivity contribution in [3.63, 3.8) is 0 Å². The van der Waals surface area contributed by atoms with Crippen LogP contribution in [-0.2, 0) is 4.79 Å². The molecule has 21 heavy (non-hydrogen) atoms. The highest BCUT2D eigenvalue weighted by Gasteiger charge is 2.33. The summed E-state index contributed by atoms with van der Waals surface area (Å²) in [4.78, 5) is 15.8. The number of hydrogen-bond acceptors (Lipinski definition) is 4. The Balaban J connectivity index is 1.98. The number of nitrogens with zero attached hydrogens (tertiary/aromatic N) is 2. The lowest BCUT2D eigenvalue weighted by Gasteiger charge is -2.29. The van der Waals surface area contributed by atoms with Gasteiger partial charge in [0.15, 0.2) is 0 Å². The molecule has 1 aromatic heterocycles. The van der Waals surface area contributed by atoms with Crippen LogP contribution in [0.3, 0.4) is 0 Å². The predicted molar refractivity (Wildman–Crippen MR) is 84.9 cm³/mol. The van der Waals surface area contributed by atoms with Crippen LogP contribution >= 0.6 is 11.3 Å². The SMILES string of the molecule is CC(C)[C@@](C)(C#N)NC(=O)CN1CCC[C@@H]1c1cccs1. The summed E-state index contributed by atoms with van der Waals surface area (Å²) in [5.41, 5.74) is -0.796. The highest BCUT2D eigenvalue weighted by atomic mass is 32.1. The molecule has 1 saturated heterocycles. The summed E-state index contributed by atoms with van der Waals surface area (Å²) in [7, 11) is 0. The second kappa shape index (κ2) is 6.59. The standard InChI is InChI=1S/C16H23N3OS/c1-12(2)16(3,11-17)18-15(20)10-19-8-4-6-13(19)14-7-5-9-21-14/h5,7,9,12-13H,4,6,8,10H2,1-3H3,(H,18,20)/t13-,16-/m1/s1. The number of carbonyl (C=O) groups is 1. The van der Waals surface area contributed by atoms with Gasteiger partial charge in [0, 0.05) is 10.9 Å². The van der Waals surface area contributed by atoms with Crippen LogP contribution in [0.15, 0.2) is 17.5 Å². The van der Waals surface area contributed by atoms with Gasteiger partial charge in [-0.2, -0.15) is 5.26 Å². The maximum absolute atomic E-state index is 12.3. The van der Waals surface area contributed by atoms with Gasteiger partial charge in [0.05, 0.1) is 12.6 Å². The van der Waals surface area contributed by atoms with Crippen LogP contribution in [0.25, 0.3) is 0 Å². The monoisotopic (exact) mass is 305 g/mol. The molecule has 1 fully saturated rings. The Morgan fingerprint density at radius 1 is 1.67 bits per heavy atom. The second-order valence-corrected chi connectivity index (χ2v) is 7.14. The van der Waals surface area contributed by atoms with Crippen LogP contribution in [-0.4, -0.2) is 29.4 Å². The fraction of sp³-hybridized carbons (Fsp3) is 0.625. The summed E-state index contributed by atoms with van der Waals surface area (Å²) in [6.45, 7) is 7.01. The molecule has 0 unspecified atom stereocenters. The summed E-state index contributed by atoms with van der Waals surface area (Å²) in [6, 6.07) is 6.77. The summed E-state index contributed by atoms with van der Waals surface area (Å²) in [5.74, 6) is 0.0225. The average Bonchev–Trinajstić information content (AvgIpc) is 3.08. The maximum Gasteiger partial charge on any atom is 0.235 e. The molecule has 1 aliphatic heterocycles. The normalized spacial score (nSPS) is 22.0. The Morgan fingerprint density at radius 2 is 2.43 bits per heavy atom. The zero-order valence-electron chi connectivity index (χ0n) is 12.9. The van der Waals surface area contributed by atoms with E-state index in [1.807, 2.05) is 13.8 Å². The van der Waals surface area contributed by atoms with E-state index >= 15 is 0 Å². The average molecular weight is 305 g/mol. The minimum atomic E-state index is -0.796. The number of carbonyl (C=O) groups excluding carboxylic acids is 1. The van der Waals surface area contributed by atoms with Crippen molar-refractivity contribution in [2.75, 3.05) is 13.1 Å². The molecular weight excluding hydrogens is 282 g/mol. The molecule has 0 aromatic carbocycles. The van der Waals surface area contributed by atoms with Crippen LogP contribution in [0.4, 0.5) is 0 Å². The van der Waals surface area contributed by atoms with Crippen molar-refractivity contribution in [3.05, 3.63) is 22.4 Å². The number of likely N-dealkylation sites (tertiary alicyclic amines) is 1. The molecule has 1 aromatic rings. The lowest BCUT2D eigenvalue weighted by molar-refractivity contribution is -0.124. The smallest absolute Gasteiger partial charge is 0.235 e. The van der Waals surface area contributed by atoms with E-state index in [1.165, 1.54) is 4.88 Å². The van der Waals surface area contributed by atoms with Crippen LogP contribution in [0.2, 0.25) is 0 Å². The quantitative estimate of drug-likeness (QED) is 0.910. The van der Waals surface area contributed by atoms with Crippen molar-refractivity contribution in [1.82, 2.24) is 10.2 Å². The maximum atomic E-state index is 12.3. The zero-order valence-corrected chi connectivity index (χ0v) is 13.7. The van der Waals surface area contributed by atoms with Crippen molar-refractivity contribution in [2.24, 2.45) is 5.92 Å². The molecule has 2 rings (SSSR count). The van der Waals surface area contributed by atoms with E-state index in [-0.39, 0.29) is 11.8 Å². The number of hydrogen-bond donors (Lipinski definition) is 1. The largest absolute Gasteiger partial charge is 0.337 e. The van der Waals surface area contributed by atoms with Gasteiger partial charge in [-0.3, -0.25) is 9.69 Å². The predicted octanol–water partition coefficient (Wildman–Crippen LogP) is 2.94. The first-order valence-electron chi connectivity index (χ1n) is 7.46. The topological polar surface area (TPSA) is 56.1 Å². The van der Waals surface area contributed by atoms with Crippen molar-refractivity contribution in [2.45, 2.75) is 45.2 Å². The van der Waals surface area contributed by atoms with E-state index in [2.05, 4.69) is 33.8 Å². The first-order chi connectivity index (χ1) is 9.96. The van der Waals surface area contributed by atoms with E-state index in [0.29, 0.717) is 12.6 Å². The van der Waals surface area contributed by atoms with Crippen LogP contribution in [0, 0.1) is 17.2 Å². The summed E-state index contributed by atoms with van der Waals surface area (Å²) in [5, 5.41) is 14.3. The van der Waals surface area contributed by atoms with Gasteiger partial charge in [0.2, 0.25) is 5.91 Å². The highest BCUT2D eigenvalue weighted by molar-refractivity contribution is 7.10. The Labute approximate surface area is 130 Å². The number of rotatable bonds is 5. The van der Waals surface area contributed by atoms with E-state index in [9.17, 15) is 10.1 Å². The number of nitriles is 1. The Morgan fingerprint density at radius 3 is 3.00 bits per heavy atom. The van der Waals surface area contributed by atoms with Crippen molar-refractivity contribution >= 4 is 17.2 Å². The van der Waals surface area contributed by atoms with E-state index < -0.39 is 5.54 Å². The van der Waals surface area contributed by atoms with Gasteiger partial charge in [-0.1, -0.05) is 19.9 Å². The van der Waals surface area contributed by atoms with Gasteiger partial charge in [-0.15, -0.1) is 11.3 Å². The molecule has 1 aliphatic rings. The summed E-state index contributed by atoms with van der Waals surface area (Å²) in [6.07, 6.45) is 2.23. The van der Waals surface area contributed by atoms with Crippen LogP contribution in [0.5, 0.6) is 0 Å². The molecule has 0 spiro atoms. The molecule has 1 N–H and O–H groups in total. The van der Waals surface area contributed by atoms with Gasteiger partial charge in [-0.25, -0.2) is 0 Å². The zero-order chi connectivity index (χ0) is 15.5. The lowest BCUT2D eigenvalue weighted by atomic mass is 9.90. The third-order valence-corrected chi connectivity index (χ3v) is 5.34. The lowest BCUT2D eigenvalue weighted by Crippen LogP contribution is -2.51. The van der Waals surface area contributed by atoms with Crippen molar-refractivity contribution in [3.8, 4) is 6.07 Å². The number of nitrogens with one attached hydrogen (secondary N) is 1. The third kappa shape index (κ3) is 3.63. The molecule has 0 radical (unpaired) electrons. The molecule has 0 bridgehead atoms. The van der Waals surface area contributed by atoms with Crippen LogP contribution in [0.1, 0.15) is 44.5 Å². The molecule has 5 heteroatoms. The van der Waals surface area contributed by atoms with Crippen molar-refractivity contribution in [1.29, 1.82) is 5.26 Å². The first kappa shape index (κ1) is 16.0. The Bertz CT molecular complexity index is 520. The van der Waals surface area contributed by atoms with Gasteiger partial charge in [0.25, 0.3) is 0 Å². The molecule has 2 atom stereocenters. The Kier molecular flexibility index (Phi) is 5.02. The fourth-order valence-electron chi connectivity index (χ4n) is 2.63. The summed E-state index contributed by atoms with van der Waals surface area (Å²) >= 11 is 1.75. The van der Waals surface area contributed by atoms with Gasteiger partial charge in [0.1, 0.15) is 5.54 Å². The highest BCUT2D eigenvalue weighted by Crippen LogP contribution is 2.34. The van der Waals surface area contributed by atoms with Gasteiger partial charge in [-0.05, 0) is 43.7 Å². The third-order valence-electron chi connectivity index (χ3n) is 4.37. The number of amides is 1. The van der Waals surface area contributed by atoms with Crippen LogP contribution < -0.4 is 5.32 Å². The fourth-order valence-corrected chi connectivity index (χ4v) is 3.53. The van der Waals surface area contributed by atoms with E-state index in [0.717, 1.165) is 19.4 Å². The second-order valence-electron chi connectivity index (χ2n) is 6.16. The molecular formula is C16H23N3OS. The molecule has 4 nitrogen and oxygen atoms in total. The molecule has 0 aliphatic carbocycles. The van der Waals surface area contributed by atoms with Gasteiger partial charge >= 0.3 is 0 Å². The molecule has 114 valence electrons. The van der Waals surface area contributed by atoms with Gasteiger partial charge < -0.3 is 5.32 Å². The molecule has 0 saturated carbocycles. The van der Waals surface area contributed by atoms with Crippen molar-refractivity contribution < 1.29 is 4.79 Å².